The second-order valence-electron chi connectivity index (χ2n) is 4.23. The zero-order valence-corrected chi connectivity index (χ0v) is 7.97. The van der Waals surface area contributed by atoms with E-state index in [0.717, 1.165) is 0 Å². The number of hydrogen-bond donors (Lipinski definition) is 0. The van der Waals surface area contributed by atoms with Crippen LogP contribution in [-0.2, 0) is 0 Å². The second kappa shape index (κ2) is 2.44. The lowest BCUT2D eigenvalue weighted by Crippen LogP contribution is -1.89. The van der Waals surface area contributed by atoms with Gasteiger partial charge in [-0.1, -0.05) is 38.1 Å². The number of allylic oxidation sites excluding steroid dienone is 1. The normalized spacial score (nSPS) is 24.5. The molecule has 1 saturated carbocycles. The first-order valence-electron chi connectivity index (χ1n) is 4.48. The van der Waals surface area contributed by atoms with Crippen molar-refractivity contribution in [2.45, 2.75) is 19.8 Å². The van der Waals surface area contributed by atoms with Crippen molar-refractivity contribution in [3.63, 3.8) is 0 Å². The van der Waals surface area contributed by atoms with Crippen LogP contribution in [-0.4, -0.2) is 0 Å². The van der Waals surface area contributed by atoms with Crippen molar-refractivity contribution < 1.29 is 4.39 Å². The van der Waals surface area contributed by atoms with E-state index in [2.05, 4.69) is 20.4 Å². The van der Waals surface area contributed by atoms with Gasteiger partial charge in [-0.3, -0.25) is 0 Å². The molecule has 1 aromatic rings. The molecule has 2 rings (SSSR count). The standard InChI is InChI=1S/C12H13F/c1-8-11(12(8,2)3)9-4-6-10(13)7-5-9/h4-7,11H,1H2,2-3H3. The van der Waals surface area contributed by atoms with Crippen LogP contribution in [0, 0.1) is 11.2 Å². The molecule has 13 heavy (non-hydrogen) atoms. The quantitative estimate of drug-likeness (QED) is 0.574. The minimum absolute atomic E-state index is 0.173. The summed E-state index contributed by atoms with van der Waals surface area (Å²) in [7, 11) is 0. The van der Waals surface area contributed by atoms with Crippen LogP contribution in [0.1, 0.15) is 25.3 Å². The topological polar surface area (TPSA) is 0 Å². The summed E-state index contributed by atoms with van der Waals surface area (Å²) in [6.07, 6.45) is 0. The SMILES string of the molecule is C=C1C(c2ccc(F)cc2)C1(C)C. The molecule has 0 N–H and O–H groups in total. The molecule has 0 amide bonds. The molecular formula is C12H13F. The molecule has 1 aromatic carbocycles. The van der Waals surface area contributed by atoms with E-state index in [1.165, 1.54) is 23.3 Å². The van der Waals surface area contributed by atoms with Gasteiger partial charge in [0.25, 0.3) is 0 Å². The van der Waals surface area contributed by atoms with Gasteiger partial charge < -0.3 is 0 Å². The van der Waals surface area contributed by atoms with Crippen LogP contribution in [0.3, 0.4) is 0 Å². The third-order valence-electron chi connectivity index (χ3n) is 3.02. The Morgan fingerprint density at radius 1 is 1.23 bits per heavy atom. The molecule has 0 nitrogen and oxygen atoms in total. The summed E-state index contributed by atoms with van der Waals surface area (Å²) < 4.78 is 12.6. The maximum Gasteiger partial charge on any atom is 0.123 e. The Balaban J connectivity index is 2.30. The van der Waals surface area contributed by atoms with Crippen LogP contribution in [0.2, 0.25) is 0 Å². The first-order chi connectivity index (χ1) is 6.03. The van der Waals surface area contributed by atoms with Crippen LogP contribution in [0.15, 0.2) is 36.4 Å². The summed E-state index contributed by atoms with van der Waals surface area (Å²) in [5, 5.41) is 0. The molecule has 0 spiro atoms. The summed E-state index contributed by atoms with van der Waals surface area (Å²) >= 11 is 0. The van der Waals surface area contributed by atoms with Crippen LogP contribution in [0.5, 0.6) is 0 Å². The molecule has 1 unspecified atom stereocenters. The van der Waals surface area contributed by atoms with E-state index in [-0.39, 0.29) is 11.2 Å². The largest absolute Gasteiger partial charge is 0.207 e. The van der Waals surface area contributed by atoms with Gasteiger partial charge in [0, 0.05) is 5.92 Å². The average molecular weight is 176 g/mol. The van der Waals surface area contributed by atoms with E-state index in [4.69, 9.17) is 0 Å². The van der Waals surface area contributed by atoms with E-state index in [1.54, 1.807) is 0 Å². The summed E-state index contributed by atoms with van der Waals surface area (Å²) in [5.74, 6) is 0.251. The maximum atomic E-state index is 12.6. The molecule has 0 radical (unpaired) electrons. The van der Waals surface area contributed by atoms with Gasteiger partial charge in [0.2, 0.25) is 0 Å². The minimum atomic E-state index is -0.173. The third-order valence-corrected chi connectivity index (χ3v) is 3.02. The van der Waals surface area contributed by atoms with E-state index < -0.39 is 0 Å². The van der Waals surface area contributed by atoms with Gasteiger partial charge in [-0.25, -0.2) is 4.39 Å². The highest BCUT2D eigenvalue weighted by atomic mass is 19.1. The van der Waals surface area contributed by atoms with Crippen molar-refractivity contribution in [2.75, 3.05) is 0 Å². The van der Waals surface area contributed by atoms with Gasteiger partial charge in [-0.15, -0.1) is 0 Å². The predicted octanol–water partition coefficient (Wildman–Crippen LogP) is 3.51. The monoisotopic (exact) mass is 176 g/mol. The van der Waals surface area contributed by atoms with Crippen LogP contribution in [0.4, 0.5) is 4.39 Å². The zero-order valence-electron chi connectivity index (χ0n) is 7.97. The fraction of sp³-hybridized carbons (Fsp3) is 0.333. The van der Waals surface area contributed by atoms with Crippen molar-refractivity contribution in [1.29, 1.82) is 0 Å². The van der Waals surface area contributed by atoms with Crippen molar-refractivity contribution >= 4 is 0 Å². The smallest absolute Gasteiger partial charge is 0.123 e. The van der Waals surface area contributed by atoms with Crippen molar-refractivity contribution in [3.8, 4) is 0 Å². The van der Waals surface area contributed by atoms with E-state index in [0.29, 0.717) is 5.92 Å². The van der Waals surface area contributed by atoms with Crippen LogP contribution < -0.4 is 0 Å². The second-order valence-corrected chi connectivity index (χ2v) is 4.23. The van der Waals surface area contributed by atoms with Crippen molar-refractivity contribution in [2.24, 2.45) is 5.41 Å². The number of hydrogen-bond acceptors (Lipinski definition) is 0. The Morgan fingerprint density at radius 2 is 1.69 bits per heavy atom. The Hall–Kier alpha value is -1.11. The van der Waals surface area contributed by atoms with Crippen LogP contribution in [0.25, 0.3) is 0 Å². The minimum Gasteiger partial charge on any atom is -0.207 e. The highest BCUT2D eigenvalue weighted by molar-refractivity contribution is 5.47. The van der Waals surface area contributed by atoms with Gasteiger partial charge in [-0.2, -0.15) is 0 Å². The molecule has 0 heterocycles. The first kappa shape index (κ1) is 8.49. The summed E-state index contributed by atoms with van der Waals surface area (Å²) in [4.78, 5) is 0. The van der Waals surface area contributed by atoms with Crippen LogP contribution >= 0.6 is 0 Å². The molecule has 0 aromatic heterocycles. The van der Waals surface area contributed by atoms with Gasteiger partial charge in [0.1, 0.15) is 5.82 Å². The molecule has 0 saturated heterocycles. The number of halogens is 1. The van der Waals surface area contributed by atoms with Gasteiger partial charge in [-0.05, 0) is 23.1 Å². The third kappa shape index (κ3) is 1.19. The fourth-order valence-electron chi connectivity index (χ4n) is 1.91. The van der Waals surface area contributed by atoms with E-state index in [1.807, 2.05) is 12.1 Å². The summed E-state index contributed by atoms with van der Waals surface area (Å²) in [6.45, 7) is 8.35. The van der Waals surface area contributed by atoms with Crippen molar-refractivity contribution in [3.05, 3.63) is 47.8 Å². The molecule has 1 heteroatoms. The lowest BCUT2D eigenvalue weighted by molar-refractivity contribution is 0.621. The Kier molecular flexibility index (Phi) is 1.59. The summed E-state index contributed by atoms with van der Waals surface area (Å²) in [5.41, 5.74) is 2.63. The Morgan fingerprint density at radius 3 is 2.08 bits per heavy atom. The zero-order chi connectivity index (χ0) is 9.64. The van der Waals surface area contributed by atoms with Crippen molar-refractivity contribution in [1.82, 2.24) is 0 Å². The highest BCUT2D eigenvalue weighted by Gasteiger charge is 2.51. The maximum absolute atomic E-state index is 12.6. The molecule has 1 atom stereocenters. The molecule has 0 aliphatic heterocycles. The average Bonchev–Trinajstić information content (AvgIpc) is 2.55. The molecule has 1 aliphatic rings. The molecule has 1 aliphatic carbocycles. The molecular weight excluding hydrogens is 163 g/mol. The van der Waals surface area contributed by atoms with Gasteiger partial charge >= 0.3 is 0 Å². The number of rotatable bonds is 1. The Bertz CT molecular complexity index is 346. The first-order valence-corrected chi connectivity index (χ1v) is 4.48. The molecule has 68 valence electrons. The lowest BCUT2D eigenvalue weighted by atomic mass is 10.0. The molecule has 1 fully saturated rings. The number of benzene rings is 1. The van der Waals surface area contributed by atoms with E-state index >= 15 is 0 Å². The Labute approximate surface area is 78.1 Å². The molecule has 0 bridgehead atoms. The highest BCUT2D eigenvalue weighted by Crippen LogP contribution is 2.62. The summed E-state index contributed by atoms with van der Waals surface area (Å²) in [6, 6.07) is 6.72. The lowest BCUT2D eigenvalue weighted by Gasteiger charge is -2.01. The van der Waals surface area contributed by atoms with Gasteiger partial charge in [0.05, 0.1) is 0 Å². The predicted molar refractivity (Wildman–Crippen MR) is 52.1 cm³/mol. The van der Waals surface area contributed by atoms with E-state index in [9.17, 15) is 4.39 Å². The van der Waals surface area contributed by atoms with Gasteiger partial charge in [0.15, 0.2) is 0 Å². The fourth-order valence-corrected chi connectivity index (χ4v) is 1.91.